The Morgan fingerprint density at radius 1 is 1.09 bits per heavy atom. The number of sulfonamides is 1. The van der Waals surface area contributed by atoms with Gasteiger partial charge in [-0.15, -0.1) is 11.3 Å². The molecule has 0 saturated heterocycles. The van der Waals surface area contributed by atoms with E-state index in [4.69, 9.17) is 4.74 Å². The van der Waals surface area contributed by atoms with Crippen LogP contribution >= 0.6 is 11.3 Å². The van der Waals surface area contributed by atoms with Gasteiger partial charge in [-0.1, -0.05) is 26.0 Å². The molecule has 1 N–H and O–H groups in total. The Kier molecular flexibility index (Phi) is 5.26. The number of thiophene rings is 1. The maximum absolute atomic E-state index is 12.5. The summed E-state index contributed by atoms with van der Waals surface area (Å²) in [6.07, 6.45) is 0. The second kappa shape index (κ2) is 6.81. The van der Waals surface area contributed by atoms with Crippen LogP contribution in [-0.4, -0.2) is 15.5 Å². The van der Waals surface area contributed by atoms with Gasteiger partial charge in [0.25, 0.3) is 10.0 Å². The highest BCUT2D eigenvalue weighted by Crippen LogP contribution is 2.28. The number of rotatable bonds is 6. The minimum Gasteiger partial charge on any atom is -0.497 e. The third kappa shape index (κ3) is 3.88. The molecule has 1 unspecified atom stereocenters. The van der Waals surface area contributed by atoms with E-state index >= 15 is 0 Å². The van der Waals surface area contributed by atoms with E-state index in [0.717, 1.165) is 16.2 Å². The molecule has 0 saturated carbocycles. The van der Waals surface area contributed by atoms with Crippen molar-refractivity contribution in [1.29, 1.82) is 0 Å². The average molecular weight is 339 g/mol. The zero-order valence-corrected chi connectivity index (χ0v) is 14.8. The smallest absolute Gasteiger partial charge is 0.250 e. The van der Waals surface area contributed by atoms with E-state index in [-0.39, 0.29) is 12.0 Å². The van der Waals surface area contributed by atoms with Gasteiger partial charge in [0, 0.05) is 10.9 Å². The molecule has 22 heavy (non-hydrogen) atoms. The second-order valence-electron chi connectivity index (χ2n) is 5.48. The third-order valence-electron chi connectivity index (χ3n) is 3.40. The first kappa shape index (κ1) is 17.0. The van der Waals surface area contributed by atoms with E-state index < -0.39 is 10.0 Å². The zero-order chi connectivity index (χ0) is 16.3. The molecule has 4 nitrogen and oxygen atoms in total. The summed E-state index contributed by atoms with van der Waals surface area (Å²) in [6.45, 7) is 5.89. The van der Waals surface area contributed by atoms with Crippen LogP contribution in [-0.2, 0) is 10.0 Å². The Morgan fingerprint density at radius 2 is 1.73 bits per heavy atom. The largest absolute Gasteiger partial charge is 0.497 e. The van der Waals surface area contributed by atoms with Crippen molar-refractivity contribution in [3.63, 3.8) is 0 Å². The van der Waals surface area contributed by atoms with Gasteiger partial charge in [0.05, 0.1) is 7.11 Å². The number of ether oxygens (including phenoxy) is 1. The maximum atomic E-state index is 12.5. The topological polar surface area (TPSA) is 55.4 Å². The minimum absolute atomic E-state index is 0.129. The highest BCUT2D eigenvalue weighted by Gasteiger charge is 2.25. The molecule has 1 atom stereocenters. The monoisotopic (exact) mass is 339 g/mol. The van der Waals surface area contributed by atoms with Crippen LogP contribution in [0.3, 0.4) is 0 Å². The van der Waals surface area contributed by atoms with Crippen LogP contribution in [0, 0.1) is 12.8 Å². The molecule has 1 heterocycles. The number of methoxy groups -OCH3 is 1. The minimum atomic E-state index is -3.51. The first-order valence-electron chi connectivity index (χ1n) is 7.06. The summed E-state index contributed by atoms with van der Waals surface area (Å²) < 4.78 is 33.4. The average Bonchev–Trinajstić information content (AvgIpc) is 2.92. The molecule has 0 aliphatic carbocycles. The quantitative estimate of drug-likeness (QED) is 0.872. The summed E-state index contributed by atoms with van der Waals surface area (Å²) in [5, 5.41) is 0. The summed E-state index contributed by atoms with van der Waals surface area (Å²) in [5.41, 5.74) is 0.924. The molecule has 0 bridgehead atoms. The fourth-order valence-corrected chi connectivity index (χ4v) is 4.85. The Hall–Kier alpha value is -1.37. The first-order chi connectivity index (χ1) is 10.3. The predicted octanol–water partition coefficient (Wildman–Crippen LogP) is 3.74. The van der Waals surface area contributed by atoms with Gasteiger partial charge in [-0.3, -0.25) is 0 Å². The van der Waals surface area contributed by atoms with Crippen LogP contribution in [0.5, 0.6) is 5.75 Å². The summed E-state index contributed by atoms with van der Waals surface area (Å²) in [6, 6.07) is 10.7. The predicted molar refractivity (Wildman–Crippen MR) is 90.0 cm³/mol. The van der Waals surface area contributed by atoms with E-state index in [9.17, 15) is 8.42 Å². The Labute approximate surface area is 136 Å². The van der Waals surface area contributed by atoms with E-state index in [1.165, 1.54) is 11.3 Å². The zero-order valence-electron chi connectivity index (χ0n) is 13.2. The van der Waals surface area contributed by atoms with Crippen molar-refractivity contribution >= 4 is 21.4 Å². The summed E-state index contributed by atoms with van der Waals surface area (Å²) in [5.74, 6) is 0.882. The summed E-state index contributed by atoms with van der Waals surface area (Å²) in [4.78, 5) is 0.978. The van der Waals surface area contributed by atoms with Gasteiger partial charge in [0.15, 0.2) is 0 Å². The molecule has 1 aromatic heterocycles. The highest BCUT2D eigenvalue weighted by atomic mass is 32.2. The molecule has 6 heteroatoms. The van der Waals surface area contributed by atoms with Gasteiger partial charge in [-0.25, -0.2) is 13.1 Å². The van der Waals surface area contributed by atoms with Gasteiger partial charge in [0.2, 0.25) is 0 Å². The summed E-state index contributed by atoms with van der Waals surface area (Å²) >= 11 is 1.28. The van der Waals surface area contributed by atoms with Crippen molar-refractivity contribution in [3.05, 3.63) is 46.8 Å². The Bertz CT molecular complexity index is 718. The second-order valence-corrected chi connectivity index (χ2v) is 8.71. The Morgan fingerprint density at radius 3 is 2.18 bits per heavy atom. The van der Waals surface area contributed by atoms with Gasteiger partial charge >= 0.3 is 0 Å². The van der Waals surface area contributed by atoms with Crippen LogP contribution in [0.25, 0.3) is 0 Å². The van der Waals surface area contributed by atoms with Crippen molar-refractivity contribution in [2.45, 2.75) is 31.0 Å². The first-order valence-corrected chi connectivity index (χ1v) is 9.36. The lowest BCUT2D eigenvalue weighted by Crippen LogP contribution is -2.31. The molecule has 1 aromatic carbocycles. The number of aryl methyl sites for hydroxylation is 1. The molecule has 0 aliphatic heterocycles. The molecule has 0 spiro atoms. The van der Waals surface area contributed by atoms with Crippen molar-refractivity contribution in [1.82, 2.24) is 4.72 Å². The number of hydrogen-bond acceptors (Lipinski definition) is 4. The molecule has 2 rings (SSSR count). The van der Waals surface area contributed by atoms with Crippen LogP contribution in [0.4, 0.5) is 0 Å². The fraction of sp³-hybridized carbons (Fsp3) is 0.375. The lowest BCUT2D eigenvalue weighted by Gasteiger charge is -2.22. The SMILES string of the molecule is COc1ccc(C(NS(=O)(=O)c2ccc(C)s2)C(C)C)cc1. The van der Waals surface area contributed by atoms with Crippen LogP contribution in [0.2, 0.25) is 0 Å². The fourth-order valence-electron chi connectivity index (χ4n) is 2.18. The van der Waals surface area contributed by atoms with Gasteiger partial charge in [-0.05, 0) is 42.7 Å². The number of benzene rings is 1. The van der Waals surface area contributed by atoms with Crippen LogP contribution < -0.4 is 9.46 Å². The molecular formula is C16H21NO3S2. The normalized spacial score (nSPS) is 13.3. The number of hydrogen-bond donors (Lipinski definition) is 1. The molecule has 0 aliphatic rings. The molecule has 0 radical (unpaired) electrons. The van der Waals surface area contributed by atoms with Crippen molar-refractivity contribution in [2.75, 3.05) is 7.11 Å². The Balaban J connectivity index is 2.28. The van der Waals surface area contributed by atoms with Crippen LogP contribution in [0.15, 0.2) is 40.6 Å². The lowest BCUT2D eigenvalue weighted by atomic mass is 9.97. The van der Waals surface area contributed by atoms with E-state index in [0.29, 0.717) is 4.21 Å². The van der Waals surface area contributed by atoms with E-state index in [1.54, 1.807) is 13.2 Å². The molecule has 120 valence electrons. The molecular weight excluding hydrogens is 318 g/mol. The van der Waals surface area contributed by atoms with Crippen molar-refractivity contribution in [3.8, 4) is 5.75 Å². The van der Waals surface area contributed by atoms with Gasteiger partial charge in [-0.2, -0.15) is 0 Å². The molecule has 2 aromatic rings. The van der Waals surface area contributed by atoms with E-state index in [1.807, 2.05) is 51.1 Å². The number of nitrogens with one attached hydrogen (secondary N) is 1. The van der Waals surface area contributed by atoms with Crippen LogP contribution in [0.1, 0.15) is 30.3 Å². The lowest BCUT2D eigenvalue weighted by molar-refractivity contribution is 0.413. The highest BCUT2D eigenvalue weighted by molar-refractivity contribution is 7.91. The third-order valence-corrected chi connectivity index (χ3v) is 6.34. The van der Waals surface area contributed by atoms with Gasteiger partial charge in [0.1, 0.15) is 9.96 Å². The van der Waals surface area contributed by atoms with E-state index in [2.05, 4.69) is 4.72 Å². The molecule has 0 fully saturated rings. The summed E-state index contributed by atoms with van der Waals surface area (Å²) in [7, 11) is -1.90. The maximum Gasteiger partial charge on any atom is 0.250 e. The standard InChI is InChI=1S/C16H21NO3S2/c1-11(2)16(13-6-8-14(20-4)9-7-13)17-22(18,19)15-10-5-12(3)21-15/h5-11,16-17H,1-4H3. The molecule has 0 amide bonds. The van der Waals surface area contributed by atoms with Crippen molar-refractivity contribution in [2.24, 2.45) is 5.92 Å². The van der Waals surface area contributed by atoms with Gasteiger partial charge < -0.3 is 4.74 Å². The van der Waals surface area contributed by atoms with Crippen molar-refractivity contribution < 1.29 is 13.2 Å².